The van der Waals surface area contributed by atoms with E-state index in [2.05, 4.69) is 16.7 Å². The first-order chi connectivity index (χ1) is 8.09. The van der Waals surface area contributed by atoms with Crippen LogP contribution < -0.4 is 10.6 Å². The fraction of sp³-hybridized carbons (Fsp3) is 0.455. The largest absolute Gasteiger partial charge is 0.465 e. The number of carboxylic acid groups (broad SMARTS) is 1. The number of amides is 2. The highest BCUT2D eigenvalue weighted by atomic mass is 32.1. The average molecular weight is 256 g/mol. The van der Waals surface area contributed by atoms with Gasteiger partial charge in [-0.3, -0.25) is 4.79 Å². The molecule has 2 amide bonds. The molecular formula is C11H16N2O3S. The fourth-order valence-electron chi connectivity index (χ4n) is 1.33. The number of carbonyl (C=O) groups excluding carboxylic acids is 1. The monoisotopic (exact) mass is 256 g/mol. The summed E-state index contributed by atoms with van der Waals surface area (Å²) in [6.07, 6.45) is 0.594. The van der Waals surface area contributed by atoms with Crippen molar-refractivity contribution in [3.63, 3.8) is 0 Å². The molecule has 0 fully saturated rings. The lowest BCUT2D eigenvalue weighted by Crippen LogP contribution is -2.44. The minimum Gasteiger partial charge on any atom is -0.465 e. The zero-order chi connectivity index (χ0) is 12.7. The van der Waals surface area contributed by atoms with Gasteiger partial charge in [0.05, 0.1) is 0 Å². The first-order valence-corrected chi connectivity index (χ1v) is 6.27. The first-order valence-electron chi connectivity index (χ1n) is 5.39. The van der Waals surface area contributed by atoms with Crippen LogP contribution in [-0.2, 0) is 11.2 Å². The molecule has 94 valence electrons. The third-order valence-electron chi connectivity index (χ3n) is 2.21. The molecule has 1 heterocycles. The molecule has 0 aromatic carbocycles. The van der Waals surface area contributed by atoms with Crippen molar-refractivity contribution in [1.29, 1.82) is 0 Å². The average Bonchev–Trinajstić information content (AvgIpc) is 2.75. The standard InChI is InChI=1S/C11H16N2O3S/c1-8(13-11(15)16)10(14)12-6-2-4-9-5-3-7-17-9/h3,5,7-8,13H,2,4,6H2,1H3,(H,12,14)(H,15,16). The molecule has 5 nitrogen and oxygen atoms in total. The number of carbonyl (C=O) groups is 2. The second-order valence-corrected chi connectivity index (χ2v) is 4.68. The molecule has 6 heteroatoms. The molecule has 0 bridgehead atoms. The quantitative estimate of drug-likeness (QED) is 0.674. The van der Waals surface area contributed by atoms with Crippen LogP contribution in [0.4, 0.5) is 4.79 Å². The Labute approximate surface area is 104 Å². The van der Waals surface area contributed by atoms with Crippen LogP contribution in [0.5, 0.6) is 0 Å². The predicted octanol–water partition coefficient (Wildman–Crippen LogP) is 1.45. The molecule has 3 N–H and O–H groups in total. The summed E-state index contributed by atoms with van der Waals surface area (Å²) < 4.78 is 0. The van der Waals surface area contributed by atoms with E-state index in [1.54, 1.807) is 11.3 Å². The van der Waals surface area contributed by atoms with Gasteiger partial charge in [0.15, 0.2) is 0 Å². The number of rotatable bonds is 6. The molecule has 0 aliphatic heterocycles. The molecular weight excluding hydrogens is 240 g/mol. The molecule has 0 saturated carbocycles. The molecule has 1 rings (SSSR count). The van der Waals surface area contributed by atoms with Gasteiger partial charge >= 0.3 is 6.09 Å². The summed E-state index contributed by atoms with van der Waals surface area (Å²) in [5, 5.41) is 15.3. The van der Waals surface area contributed by atoms with E-state index in [9.17, 15) is 9.59 Å². The summed E-state index contributed by atoms with van der Waals surface area (Å²) in [5.41, 5.74) is 0. The lowest BCUT2D eigenvalue weighted by atomic mass is 10.2. The van der Waals surface area contributed by atoms with Crippen molar-refractivity contribution >= 4 is 23.3 Å². The van der Waals surface area contributed by atoms with Gasteiger partial charge in [-0.15, -0.1) is 11.3 Å². The summed E-state index contributed by atoms with van der Waals surface area (Å²) in [4.78, 5) is 23.0. The summed E-state index contributed by atoms with van der Waals surface area (Å²) in [6.45, 7) is 2.07. The summed E-state index contributed by atoms with van der Waals surface area (Å²) >= 11 is 1.69. The van der Waals surface area contributed by atoms with Gasteiger partial charge < -0.3 is 15.7 Å². The van der Waals surface area contributed by atoms with Crippen LogP contribution in [0.2, 0.25) is 0 Å². The number of hydrogen-bond donors (Lipinski definition) is 3. The lowest BCUT2D eigenvalue weighted by Gasteiger charge is -2.11. The topological polar surface area (TPSA) is 78.4 Å². The minimum atomic E-state index is -1.19. The second kappa shape index (κ2) is 6.90. The molecule has 17 heavy (non-hydrogen) atoms. The minimum absolute atomic E-state index is 0.293. The zero-order valence-corrected chi connectivity index (χ0v) is 10.4. The molecule has 0 spiro atoms. The normalized spacial score (nSPS) is 11.8. The van der Waals surface area contributed by atoms with Crippen molar-refractivity contribution in [1.82, 2.24) is 10.6 Å². The first kappa shape index (κ1) is 13.5. The Morgan fingerprint density at radius 1 is 1.53 bits per heavy atom. The molecule has 1 unspecified atom stereocenters. The molecule has 0 aliphatic rings. The molecule has 0 radical (unpaired) electrons. The highest BCUT2D eigenvalue weighted by Gasteiger charge is 2.13. The summed E-state index contributed by atoms with van der Waals surface area (Å²) in [7, 11) is 0. The Morgan fingerprint density at radius 2 is 2.29 bits per heavy atom. The zero-order valence-electron chi connectivity index (χ0n) is 9.60. The van der Waals surface area contributed by atoms with Crippen LogP contribution in [0.25, 0.3) is 0 Å². The van der Waals surface area contributed by atoms with Gasteiger partial charge in [-0.05, 0) is 31.2 Å². The number of nitrogens with one attached hydrogen (secondary N) is 2. The van der Waals surface area contributed by atoms with Crippen LogP contribution in [0.1, 0.15) is 18.2 Å². The molecule has 0 saturated heterocycles. The Morgan fingerprint density at radius 3 is 2.88 bits per heavy atom. The number of thiophene rings is 1. The van der Waals surface area contributed by atoms with Gasteiger partial charge in [-0.2, -0.15) is 0 Å². The summed E-state index contributed by atoms with van der Waals surface area (Å²) in [6, 6.07) is 3.34. The highest BCUT2D eigenvalue weighted by Crippen LogP contribution is 2.10. The van der Waals surface area contributed by atoms with Crippen LogP contribution in [0.15, 0.2) is 17.5 Å². The molecule has 1 atom stereocenters. The van der Waals surface area contributed by atoms with Crippen LogP contribution in [-0.4, -0.2) is 29.7 Å². The van der Waals surface area contributed by atoms with Gasteiger partial charge in [-0.1, -0.05) is 6.07 Å². The van der Waals surface area contributed by atoms with Crippen molar-refractivity contribution < 1.29 is 14.7 Å². The smallest absolute Gasteiger partial charge is 0.405 e. The maximum atomic E-state index is 11.4. The molecule has 0 aliphatic carbocycles. The predicted molar refractivity (Wildman–Crippen MR) is 66.3 cm³/mol. The van der Waals surface area contributed by atoms with Gasteiger partial charge in [-0.25, -0.2) is 4.79 Å². The van der Waals surface area contributed by atoms with E-state index >= 15 is 0 Å². The Bertz CT molecular complexity index is 365. The fourth-order valence-corrected chi connectivity index (χ4v) is 2.08. The van der Waals surface area contributed by atoms with E-state index in [1.807, 2.05) is 11.4 Å². The van der Waals surface area contributed by atoms with E-state index in [4.69, 9.17) is 5.11 Å². The van der Waals surface area contributed by atoms with Crippen molar-refractivity contribution in [3.05, 3.63) is 22.4 Å². The van der Waals surface area contributed by atoms with E-state index in [1.165, 1.54) is 11.8 Å². The van der Waals surface area contributed by atoms with E-state index in [0.29, 0.717) is 6.54 Å². The maximum absolute atomic E-state index is 11.4. The van der Waals surface area contributed by atoms with Crippen molar-refractivity contribution in [2.45, 2.75) is 25.8 Å². The van der Waals surface area contributed by atoms with Crippen molar-refractivity contribution in [2.24, 2.45) is 0 Å². The Kier molecular flexibility index (Phi) is 5.48. The van der Waals surface area contributed by atoms with Crippen LogP contribution in [0.3, 0.4) is 0 Å². The Balaban J connectivity index is 2.13. The van der Waals surface area contributed by atoms with Crippen LogP contribution >= 0.6 is 11.3 Å². The highest BCUT2D eigenvalue weighted by molar-refractivity contribution is 7.09. The van der Waals surface area contributed by atoms with E-state index in [-0.39, 0.29) is 5.91 Å². The second-order valence-electron chi connectivity index (χ2n) is 3.65. The van der Waals surface area contributed by atoms with Gasteiger partial charge in [0.2, 0.25) is 5.91 Å². The van der Waals surface area contributed by atoms with Gasteiger partial charge in [0.1, 0.15) is 6.04 Å². The number of aryl methyl sites for hydroxylation is 1. The SMILES string of the molecule is CC(NC(=O)O)C(=O)NCCCc1cccs1. The third-order valence-corrected chi connectivity index (χ3v) is 3.15. The Hall–Kier alpha value is -1.56. The van der Waals surface area contributed by atoms with Crippen molar-refractivity contribution in [3.8, 4) is 0 Å². The molecule has 1 aromatic rings. The lowest BCUT2D eigenvalue weighted by molar-refractivity contribution is -0.122. The van der Waals surface area contributed by atoms with Gasteiger partial charge in [0.25, 0.3) is 0 Å². The van der Waals surface area contributed by atoms with Gasteiger partial charge in [0, 0.05) is 11.4 Å². The van der Waals surface area contributed by atoms with Crippen LogP contribution in [0, 0.1) is 0 Å². The van der Waals surface area contributed by atoms with Crippen molar-refractivity contribution in [2.75, 3.05) is 6.54 Å². The van der Waals surface area contributed by atoms with E-state index < -0.39 is 12.1 Å². The van der Waals surface area contributed by atoms with E-state index in [0.717, 1.165) is 12.8 Å². The number of hydrogen-bond acceptors (Lipinski definition) is 3. The third kappa shape index (κ3) is 5.35. The maximum Gasteiger partial charge on any atom is 0.405 e. The summed E-state index contributed by atoms with van der Waals surface area (Å²) in [5.74, 6) is -0.293. The molecule has 1 aromatic heterocycles.